The third-order valence-corrected chi connectivity index (χ3v) is 6.98. The van der Waals surface area contributed by atoms with Crippen LogP contribution in [0.4, 0.5) is 14.6 Å². The molecule has 1 atom stereocenters. The predicted molar refractivity (Wildman–Crippen MR) is 141 cm³/mol. The van der Waals surface area contributed by atoms with Crippen LogP contribution in [0.2, 0.25) is 0 Å². The summed E-state index contributed by atoms with van der Waals surface area (Å²) in [5, 5.41) is 9.20. The number of rotatable bonds is 8. The van der Waals surface area contributed by atoms with Crippen LogP contribution in [0, 0.1) is 5.82 Å². The van der Waals surface area contributed by atoms with E-state index in [0.717, 1.165) is 18.2 Å². The first kappa shape index (κ1) is 25.6. The second-order valence-corrected chi connectivity index (χ2v) is 9.75. The number of nitrogens with one attached hydrogen (secondary N) is 3. The van der Waals surface area contributed by atoms with Crippen LogP contribution in [0.25, 0.3) is 0 Å². The summed E-state index contributed by atoms with van der Waals surface area (Å²) in [4.78, 5) is 35.9. The minimum absolute atomic E-state index is 0.0256. The maximum Gasteiger partial charge on any atom is 0.255 e. The Morgan fingerprint density at radius 1 is 1.00 bits per heavy atom. The number of pyridine rings is 1. The molecule has 0 bridgehead atoms. The maximum atomic E-state index is 13.9. The Kier molecular flexibility index (Phi) is 7.76. The van der Waals surface area contributed by atoms with Gasteiger partial charge in [0.1, 0.15) is 29.3 Å². The summed E-state index contributed by atoms with van der Waals surface area (Å²) < 4.78 is 27.4. The molecule has 10 heteroatoms. The van der Waals surface area contributed by atoms with Crippen LogP contribution in [0.1, 0.15) is 41.6 Å². The zero-order valence-corrected chi connectivity index (χ0v) is 20.9. The summed E-state index contributed by atoms with van der Waals surface area (Å²) in [7, 11) is 0. The minimum Gasteiger partial charge on any atom is -0.369 e. The molecule has 2 aliphatic heterocycles. The molecule has 0 saturated heterocycles. The quantitative estimate of drug-likeness (QED) is 0.495. The summed E-state index contributed by atoms with van der Waals surface area (Å²) >= 11 is 0. The van der Waals surface area contributed by atoms with Crippen molar-refractivity contribution < 1.29 is 18.4 Å². The Morgan fingerprint density at radius 2 is 1.74 bits per heavy atom. The highest BCUT2D eigenvalue weighted by Gasteiger charge is 2.32. The topological polar surface area (TPSA) is 98.7 Å². The van der Waals surface area contributed by atoms with Crippen LogP contribution >= 0.6 is 0 Å². The van der Waals surface area contributed by atoms with E-state index in [1.807, 2.05) is 30.3 Å². The standard InChI is InChI=1S/C28H30F2N6O2/c29-19-6-11-25-35-24(17-36(25)16-19)28(38)34-22-9-7-21(8-10-22)33-27(37)23-14-20(30)15-32-26(23)31-13-12-18-4-2-1-3-5-18/h1-6,11,14-16,21-22,24H,7-10,12-13,17H2,(H,31,32)(H,33,37)(H,34,38)/t21-,22+,24?. The van der Waals surface area contributed by atoms with Gasteiger partial charge in [0.25, 0.3) is 5.91 Å². The van der Waals surface area contributed by atoms with Gasteiger partial charge in [0.15, 0.2) is 0 Å². The lowest BCUT2D eigenvalue weighted by atomic mass is 9.90. The van der Waals surface area contributed by atoms with Crippen molar-refractivity contribution in [3.05, 3.63) is 83.7 Å². The van der Waals surface area contributed by atoms with Crippen molar-refractivity contribution in [1.82, 2.24) is 20.5 Å². The molecule has 1 fully saturated rings. The summed E-state index contributed by atoms with van der Waals surface area (Å²) in [6, 6.07) is 10.4. The molecular weight excluding hydrogens is 490 g/mol. The number of carbonyl (C=O) groups is 2. The van der Waals surface area contributed by atoms with Gasteiger partial charge in [-0.15, -0.1) is 0 Å². The highest BCUT2D eigenvalue weighted by molar-refractivity contribution is 6.00. The van der Waals surface area contributed by atoms with Crippen molar-refractivity contribution in [2.24, 2.45) is 4.99 Å². The first-order valence-electron chi connectivity index (χ1n) is 12.9. The van der Waals surface area contributed by atoms with Gasteiger partial charge in [0.2, 0.25) is 5.91 Å². The summed E-state index contributed by atoms with van der Waals surface area (Å²) in [5.74, 6) is -0.569. The predicted octanol–water partition coefficient (Wildman–Crippen LogP) is 3.50. The van der Waals surface area contributed by atoms with Gasteiger partial charge in [-0.05, 0) is 55.9 Å². The largest absolute Gasteiger partial charge is 0.369 e. The van der Waals surface area contributed by atoms with E-state index < -0.39 is 11.9 Å². The molecule has 8 nitrogen and oxygen atoms in total. The Hall–Kier alpha value is -4.08. The number of amides is 2. The highest BCUT2D eigenvalue weighted by Crippen LogP contribution is 2.22. The normalized spacial score (nSPS) is 22.3. The maximum absolute atomic E-state index is 13.9. The number of aliphatic imine (C=N–C) groups is 1. The molecule has 1 saturated carbocycles. The average molecular weight is 521 g/mol. The molecule has 3 N–H and O–H groups in total. The zero-order valence-electron chi connectivity index (χ0n) is 20.9. The van der Waals surface area contributed by atoms with Crippen molar-refractivity contribution in [1.29, 1.82) is 0 Å². The average Bonchev–Trinajstić information content (AvgIpc) is 3.35. The van der Waals surface area contributed by atoms with Crippen molar-refractivity contribution in [2.75, 3.05) is 18.4 Å². The number of allylic oxidation sites excluding steroid dienone is 2. The molecule has 2 amide bonds. The van der Waals surface area contributed by atoms with Crippen molar-refractivity contribution in [2.45, 2.75) is 50.2 Å². The van der Waals surface area contributed by atoms with E-state index >= 15 is 0 Å². The Balaban J connectivity index is 1.10. The van der Waals surface area contributed by atoms with Gasteiger partial charge < -0.3 is 20.9 Å². The van der Waals surface area contributed by atoms with E-state index in [9.17, 15) is 18.4 Å². The third-order valence-electron chi connectivity index (χ3n) is 6.98. The van der Waals surface area contributed by atoms with E-state index in [1.165, 1.54) is 18.3 Å². The molecule has 3 heterocycles. The van der Waals surface area contributed by atoms with Crippen molar-refractivity contribution in [3.8, 4) is 0 Å². The highest BCUT2D eigenvalue weighted by atomic mass is 19.1. The second-order valence-electron chi connectivity index (χ2n) is 9.75. The van der Waals surface area contributed by atoms with E-state index in [4.69, 9.17) is 0 Å². The molecular formula is C28H30F2N6O2. The Labute approximate surface area is 219 Å². The van der Waals surface area contributed by atoms with Crippen LogP contribution in [0.3, 0.4) is 0 Å². The molecule has 198 valence electrons. The number of aromatic nitrogens is 1. The number of amidine groups is 1. The van der Waals surface area contributed by atoms with E-state index in [-0.39, 0.29) is 35.3 Å². The van der Waals surface area contributed by atoms with Crippen LogP contribution in [-0.2, 0) is 11.2 Å². The van der Waals surface area contributed by atoms with Crippen LogP contribution in [0.5, 0.6) is 0 Å². The van der Waals surface area contributed by atoms with Gasteiger partial charge in [-0.2, -0.15) is 0 Å². The number of benzene rings is 1. The number of fused-ring (bicyclic) bond motifs is 1. The molecule has 1 aromatic heterocycles. The third kappa shape index (κ3) is 6.24. The summed E-state index contributed by atoms with van der Waals surface area (Å²) in [6.07, 6.45) is 8.83. The minimum atomic E-state index is -0.581. The van der Waals surface area contributed by atoms with E-state index in [2.05, 4.69) is 25.9 Å². The first-order chi connectivity index (χ1) is 18.4. The Morgan fingerprint density at radius 3 is 2.50 bits per heavy atom. The SMILES string of the molecule is O=C(N[C@H]1CC[C@@H](NC(=O)C2CN3C=C(F)C=CC3=N2)CC1)c1cc(F)cnc1NCCc1ccccc1. The lowest BCUT2D eigenvalue weighted by Crippen LogP contribution is -2.46. The molecule has 1 aromatic carbocycles. The molecule has 2 aromatic rings. The van der Waals surface area contributed by atoms with Crippen molar-refractivity contribution in [3.63, 3.8) is 0 Å². The number of nitrogens with zero attached hydrogens (tertiary/aromatic N) is 3. The fourth-order valence-electron chi connectivity index (χ4n) is 4.97. The molecule has 5 rings (SSSR count). The number of anilines is 1. The number of hydrogen-bond acceptors (Lipinski definition) is 6. The van der Waals surface area contributed by atoms with Crippen molar-refractivity contribution >= 4 is 23.5 Å². The van der Waals surface area contributed by atoms with Gasteiger partial charge in [-0.25, -0.2) is 13.8 Å². The molecule has 38 heavy (non-hydrogen) atoms. The molecule has 3 aliphatic rings. The summed E-state index contributed by atoms with van der Waals surface area (Å²) in [6.45, 7) is 0.868. The smallest absolute Gasteiger partial charge is 0.255 e. The fourth-order valence-corrected chi connectivity index (χ4v) is 4.97. The number of carbonyl (C=O) groups excluding carboxylic acids is 2. The lowest BCUT2D eigenvalue weighted by molar-refractivity contribution is -0.123. The van der Waals surface area contributed by atoms with E-state index in [1.54, 1.807) is 11.0 Å². The van der Waals surface area contributed by atoms with Gasteiger partial charge in [0.05, 0.1) is 18.3 Å². The molecule has 1 unspecified atom stereocenters. The van der Waals surface area contributed by atoms with Gasteiger partial charge in [-0.1, -0.05) is 30.3 Å². The zero-order chi connectivity index (χ0) is 26.5. The molecule has 0 spiro atoms. The summed E-state index contributed by atoms with van der Waals surface area (Å²) in [5.41, 5.74) is 1.32. The molecule has 0 radical (unpaired) electrons. The fraction of sp³-hybridized carbons (Fsp3) is 0.357. The van der Waals surface area contributed by atoms with Gasteiger partial charge in [-0.3, -0.25) is 14.6 Å². The second kappa shape index (κ2) is 11.5. The van der Waals surface area contributed by atoms with Crippen LogP contribution in [0.15, 0.2) is 71.8 Å². The van der Waals surface area contributed by atoms with Crippen LogP contribution < -0.4 is 16.0 Å². The van der Waals surface area contributed by atoms with E-state index in [0.29, 0.717) is 50.4 Å². The van der Waals surface area contributed by atoms with Crippen LogP contribution in [-0.4, -0.2) is 58.7 Å². The monoisotopic (exact) mass is 520 g/mol. The number of hydrogen-bond donors (Lipinski definition) is 3. The lowest BCUT2D eigenvalue weighted by Gasteiger charge is -2.30. The van der Waals surface area contributed by atoms with Gasteiger partial charge in [0, 0.05) is 24.8 Å². The number of halogens is 2. The van der Waals surface area contributed by atoms with Gasteiger partial charge >= 0.3 is 0 Å². The first-order valence-corrected chi connectivity index (χ1v) is 12.9. The Bertz CT molecular complexity index is 1270. The molecule has 1 aliphatic carbocycles.